The lowest BCUT2D eigenvalue weighted by Gasteiger charge is -2.15. The van der Waals surface area contributed by atoms with Crippen LogP contribution >= 0.6 is 0 Å². The molecule has 5 heteroatoms. The van der Waals surface area contributed by atoms with Gasteiger partial charge in [0.05, 0.1) is 23.1 Å². The minimum absolute atomic E-state index is 0.101. The van der Waals surface area contributed by atoms with Gasteiger partial charge in [0.2, 0.25) is 5.91 Å². The van der Waals surface area contributed by atoms with Crippen molar-refractivity contribution >= 4 is 16.8 Å². The molecule has 24 heavy (non-hydrogen) atoms. The van der Waals surface area contributed by atoms with Crippen molar-refractivity contribution < 1.29 is 9.18 Å². The van der Waals surface area contributed by atoms with Crippen molar-refractivity contribution in [2.24, 2.45) is 0 Å². The summed E-state index contributed by atoms with van der Waals surface area (Å²) in [5, 5.41) is 4.93. The summed E-state index contributed by atoms with van der Waals surface area (Å²) < 4.78 is 15.7. The van der Waals surface area contributed by atoms with Crippen LogP contribution in [0.2, 0.25) is 0 Å². The Hall–Kier alpha value is -2.69. The molecule has 2 aromatic carbocycles. The first-order valence-corrected chi connectivity index (χ1v) is 8.09. The number of carbonyl (C=O) groups excluding carboxylic acids is 1. The van der Waals surface area contributed by atoms with Crippen LogP contribution in [0.3, 0.4) is 0 Å². The Morgan fingerprint density at radius 2 is 1.83 bits per heavy atom. The van der Waals surface area contributed by atoms with Crippen molar-refractivity contribution in [3.8, 4) is 0 Å². The summed E-state index contributed by atoms with van der Waals surface area (Å²) in [5.41, 5.74) is 3.83. The Kier molecular flexibility index (Phi) is 3.56. The van der Waals surface area contributed by atoms with Gasteiger partial charge in [0, 0.05) is 19.5 Å². The lowest BCUT2D eigenvalue weighted by molar-refractivity contribution is -0.132. The molecule has 3 aromatic rings. The number of amides is 1. The third-order valence-corrected chi connectivity index (χ3v) is 4.63. The Balaban J connectivity index is 1.48. The largest absolute Gasteiger partial charge is 0.334 e. The quantitative estimate of drug-likeness (QED) is 0.741. The highest BCUT2D eigenvalue weighted by atomic mass is 19.1. The van der Waals surface area contributed by atoms with E-state index in [1.165, 1.54) is 17.2 Å². The Labute approximate surface area is 139 Å². The second-order valence-corrected chi connectivity index (χ2v) is 6.21. The summed E-state index contributed by atoms with van der Waals surface area (Å²) in [5.74, 6) is -0.165. The van der Waals surface area contributed by atoms with Crippen LogP contribution in [0.25, 0.3) is 10.9 Å². The fourth-order valence-electron chi connectivity index (χ4n) is 3.41. The summed E-state index contributed by atoms with van der Waals surface area (Å²) in [4.78, 5) is 14.4. The van der Waals surface area contributed by atoms with Gasteiger partial charge in [0.15, 0.2) is 0 Å². The van der Waals surface area contributed by atoms with Crippen LogP contribution in [0.15, 0.2) is 42.5 Å². The molecule has 0 unspecified atom stereocenters. The smallest absolute Gasteiger partial charge is 0.225 e. The van der Waals surface area contributed by atoms with Crippen molar-refractivity contribution in [3.05, 3.63) is 65.1 Å². The molecule has 0 aliphatic carbocycles. The van der Waals surface area contributed by atoms with Crippen molar-refractivity contribution in [2.75, 3.05) is 0 Å². The van der Waals surface area contributed by atoms with Gasteiger partial charge in [-0.25, -0.2) is 4.39 Å². The van der Waals surface area contributed by atoms with Crippen LogP contribution in [-0.2, 0) is 24.4 Å². The number of aromatic nitrogens is 2. The number of rotatable bonds is 3. The van der Waals surface area contributed by atoms with Crippen LogP contribution in [0, 0.1) is 12.7 Å². The Bertz CT molecular complexity index is 907. The van der Waals surface area contributed by atoms with E-state index in [-0.39, 0.29) is 11.7 Å². The van der Waals surface area contributed by atoms with E-state index in [1.807, 2.05) is 23.1 Å². The normalized spacial score (nSPS) is 13.5. The average Bonchev–Trinajstić information content (AvgIpc) is 3.15. The van der Waals surface area contributed by atoms with Crippen molar-refractivity contribution in [2.45, 2.75) is 33.0 Å². The maximum absolute atomic E-state index is 13.9. The van der Waals surface area contributed by atoms with Crippen LogP contribution in [0.5, 0.6) is 0 Å². The summed E-state index contributed by atoms with van der Waals surface area (Å²) in [6.07, 6.45) is 0.362. The van der Waals surface area contributed by atoms with Crippen LogP contribution < -0.4 is 0 Å². The van der Waals surface area contributed by atoms with Crippen molar-refractivity contribution in [1.82, 2.24) is 14.7 Å². The molecule has 0 spiro atoms. The lowest BCUT2D eigenvalue weighted by Crippen LogP contribution is -2.26. The first kappa shape index (κ1) is 14.9. The van der Waals surface area contributed by atoms with Crippen LogP contribution in [0.1, 0.15) is 23.2 Å². The molecule has 1 aliphatic heterocycles. The van der Waals surface area contributed by atoms with Gasteiger partial charge in [-0.05, 0) is 30.2 Å². The van der Waals surface area contributed by atoms with Gasteiger partial charge in [-0.2, -0.15) is 5.10 Å². The monoisotopic (exact) mass is 323 g/mol. The highest BCUT2D eigenvalue weighted by molar-refractivity contribution is 5.83. The second kappa shape index (κ2) is 5.74. The zero-order chi connectivity index (χ0) is 16.7. The van der Waals surface area contributed by atoms with Gasteiger partial charge >= 0.3 is 0 Å². The molecule has 1 aliphatic rings. The zero-order valence-corrected chi connectivity index (χ0v) is 13.5. The minimum atomic E-state index is -0.266. The zero-order valence-electron chi connectivity index (χ0n) is 13.5. The fourth-order valence-corrected chi connectivity index (χ4v) is 3.41. The van der Waals surface area contributed by atoms with E-state index in [0.29, 0.717) is 37.1 Å². The SMILES string of the molecule is Cc1nn(CCC(=O)N2Cc3ccccc3C2)c2cccc(F)c12. The average molecular weight is 323 g/mol. The number of halogens is 1. The van der Waals surface area contributed by atoms with Gasteiger partial charge in [-0.3, -0.25) is 9.48 Å². The van der Waals surface area contributed by atoms with E-state index in [9.17, 15) is 9.18 Å². The summed E-state index contributed by atoms with van der Waals surface area (Å²) in [7, 11) is 0. The molecule has 2 heterocycles. The second-order valence-electron chi connectivity index (χ2n) is 6.21. The van der Waals surface area contributed by atoms with Gasteiger partial charge < -0.3 is 4.90 Å². The van der Waals surface area contributed by atoms with E-state index in [0.717, 1.165) is 5.52 Å². The van der Waals surface area contributed by atoms with Crippen molar-refractivity contribution in [1.29, 1.82) is 0 Å². The third-order valence-electron chi connectivity index (χ3n) is 4.63. The van der Waals surface area contributed by atoms with E-state index < -0.39 is 0 Å². The standard InChI is InChI=1S/C19H18FN3O/c1-13-19-16(20)7-4-8-17(19)23(21-13)10-9-18(24)22-11-14-5-2-3-6-15(14)12-22/h2-8H,9-12H2,1H3. The van der Waals surface area contributed by atoms with E-state index in [4.69, 9.17) is 0 Å². The highest BCUT2D eigenvalue weighted by Crippen LogP contribution is 2.24. The Morgan fingerprint density at radius 1 is 1.12 bits per heavy atom. The number of aryl methyl sites for hydroxylation is 2. The lowest BCUT2D eigenvalue weighted by atomic mass is 10.1. The van der Waals surface area contributed by atoms with Gasteiger partial charge in [-0.1, -0.05) is 30.3 Å². The third kappa shape index (κ3) is 2.46. The number of hydrogen-bond acceptors (Lipinski definition) is 2. The predicted molar refractivity (Wildman–Crippen MR) is 89.7 cm³/mol. The first-order valence-electron chi connectivity index (χ1n) is 8.09. The molecule has 122 valence electrons. The number of benzene rings is 2. The van der Waals surface area contributed by atoms with Crippen molar-refractivity contribution in [3.63, 3.8) is 0 Å². The first-order chi connectivity index (χ1) is 11.6. The highest BCUT2D eigenvalue weighted by Gasteiger charge is 2.23. The van der Waals surface area contributed by atoms with Crippen LogP contribution in [-0.4, -0.2) is 20.6 Å². The number of hydrogen-bond donors (Lipinski definition) is 0. The maximum atomic E-state index is 13.9. The molecular formula is C19H18FN3O. The molecule has 1 amide bonds. The van der Waals surface area contributed by atoms with Crippen LogP contribution in [0.4, 0.5) is 4.39 Å². The van der Waals surface area contributed by atoms with Gasteiger partial charge in [-0.15, -0.1) is 0 Å². The minimum Gasteiger partial charge on any atom is -0.334 e. The molecule has 0 saturated carbocycles. The van der Waals surface area contributed by atoms with E-state index >= 15 is 0 Å². The molecule has 0 radical (unpaired) electrons. The molecule has 0 saturated heterocycles. The predicted octanol–water partition coefficient (Wildman–Crippen LogP) is 3.42. The summed E-state index contributed by atoms with van der Waals surface area (Å²) in [6.45, 7) is 3.59. The molecule has 0 fully saturated rings. The molecule has 4 nitrogen and oxygen atoms in total. The number of carbonyl (C=O) groups is 1. The molecular weight excluding hydrogens is 305 g/mol. The molecule has 4 rings (SSSR count). The molecule has 0 atom stereocenters. The van der Waals surface area contributed by atoms with E-state index in [2.05, 4.69) is 17.2 Å². The van der Waals surface area contributed by atoms with E-state index in [1.54, 1.807) is 17.7 Å². The Morgan fingerprint density at radius 3 is 2.54 bits per heavy atom. The topological polar surface area (TPSA) is 38.1 Å². The maximum Gasteiger partial charge on any atom is 0.225 e. The summed E-state index contributed by atoms with van der Waals surface area (Å²) >= 11 is 0. The van der Waals surface area contributed by atoms with Gasteiger partial charge in [0.25, 0.3) is 0 Å². The van der Waals surface area contributed by atoms with Gasteiger partial charge in [0.1, 0.15) is 5.82 Å². The summed E-state index contributed by atoms with van der Waals surface area (Å²) in [6, 6.07) is 13.1. The number of nitrogens with zero attached hydrogens (tertiary/aromatic N) is 3. The number of fused-ring (bicyclic) bond motifs is 2. The molecule has 0 N–H and O–H groups in total. The molecule has 1 aromatic heterocycles. The molecule has 0 bridgehead atoms. The fraction of sp³-hybridized carbons (Fsp3) is 0.263.